The quantitative estimate of drug-likeness (QED) is 0.133. The first-order valence-electron chi connectivity index (χ1n) is 11.9. The van der Waals surface area contributed by atoms with Gasteiger partial charge in [-0.25, -0.2) is 9.82 Å². The van der Waals surface area contributed by atoms with Gasteiger partial charge in [-0.05, 0) is 91.2 Å². The number of hydrogen-bond acceptors (Lipinski definition) is 6. The van der Waals surface area contributed by atoms with E-state index < -0.39 is 17.6 Å². The predicted octanol–water partition coefficient (Wildman–Crippen LogP) is 4.86. The summed E-state index contributed by atoms with van der Waals surface area (Å²) in [7, 11) is 0. The molecule has 3 aromatic rings. The lowest BCUT2D eigenvalue weighted by molar-refractivity contribution is -0.136. The van der Waals surface area contributed by atoms with Crippen molar-refractivity contribution in [1.82, 2.24) is 5.43 Å². The largest absolute Gasteiger partial charge is 0.490 e. The van der Waals surface area contributed by atoms with Crippen molar-refractivity contribution in [2.75, 3.05) is 23.8 Å². The molecule has 9 nitrogen and oxygen atoms in total. The highest BCUT2D eigenvalue weighted by Crippen LogP contribution is 2.34. The molecule has 0 unspecified atom stereocenters. The Bertz CT molecular complexity index is 1400. The van der Waals surface area contributed by atoms with Gasteiger partial charge in [0.2, 0.25) is 0 Å². The van der Waals surface area contributed by atoms with E-state index in [-0.39, 0.29) is 18.2 Å². The molecule has 3 N–H and O–H groups in total. The van der Waals surface area contributed by atoms with E-state index in [2.05, 4.69) is 21.2 Å². The Kier molecular flexibility index (Phi) is 10.4. The van der Waals surface area contributed by atoms with Crippen LogP contribution in [-0.4, -0.2) is 37.1 Å². The molecule has 0 aliphatic carbocycles. The Labute approximate surface area is 239 Å². The topological polar surface area (TPSA) is 118 Å². The number of amides is 3. The van der Waals surface area contributed by atoms with E-state index in [1.165, 1.54) is 24.4 Å². The summed E-state index contributed by atoms with van der Waals surface area (Å²) in [6, 6.07) is 12.8. The maximum absolute atomic E-state index is 13.7. The van der Waals surface area contributed by atoms with Crippen molar-refractivity contribution in [2.24, 2.45) is 5.10 Å². The molecule has 11 heteroatoms. The summed E-state index contributed by atoms with van der Waals surface area (Å²) >= 11 is 2.04. The summed E-state index contributed by atoms with van der Waals surface area (Å²) in [6.07, 6.45) is 1.32. The Balaban J connectivity index is 1.64. The minimum absolute atomic E-state index is 0.119. The van der Waals surface area contributed by atoms with Gasteiger partial charge >= 0.3 is 11.8 Å². The van der Waals surface area contributed by atoms with E-state index in [4.69, 9.17) is 9.47 Å². The summed E-state index contributed by atoms with van der Waals surface area (Å²) in [5, 5.41) is 8.88. The van der Waals surface area contributed by atoms with Crippen LogP contribution in [0.4, 0.5) is 15.8 Å². The molecule has 3 amide bonds. The molecule has 0 spiro atoms. The van der Waals surface area contributed by atoms with Gasteiger partial charge in [0.25, 0.3) is 5.91 Å². The number of nitrogens with one attached hydrogen (secondary N) is 3. The number of aryl methyl sites for hydroxylation is 3. The van der Waals surface area contributed by atoms with Crippen molar-refractivity contribution in [1.29, 1.82) is 0 Å². The Morgan fingerprint density at radius 3 is 2.33 bits per heavy atom. The Morgan fingerprint density at radius 2 is 1.67 bits per heavy atom. The molecule has 0 atom stereocenters. The second kappa shape index (κ2) is 13.7. The second-order valence-corrected chi connectivity index (χ2v) is 9.67. The first-order valence-corrected chi connectivity index (χ1v) is 13.0. The number of nitrogens with zero attached hydrogens (tertiary/aromatic N) is 1. The third-order valence-corrected chi connectivity index (χ3v) is 6.13. The molecule has 0 fully saturated rings. The van der Waals surface area contributed by atoms with E-state index in [0.29, 0.717) is 27.2 Å². The average molecular weight is 646 g/mol. The van der Waals surface area contributed by atoms with Gasteiger partial charge in [0.05, 0.1) is 22.1 Å². The third kappa shape index (κ3) is 8.24. The summed E-state index contributed by atoms with van der Waals surface area (Å²) in [6.45, 7) is 7.79. The van der Waals surface area contributed by atoms with Gasteiger partial charge in [-0.1, -0.05) is 29.8 Å². The number of rotatable bonds is 9. The van der Waals surface area contributed by atoms with Gasteiger partial charge in [-0.3, -0.25) is 14.4 Å². The Morgan fingerprint density at radius 1 is 0.974 bits per heavy atom. The molecule has 39 heavy (non-hydrogen) atoms. The number of benzene rings is 3. The van der Waals surface area contributed by atoms with Crippen LogP contribution < -0.4 is 25.5 Å². The number of halogens is 2. The van der Waals surface area contributed by atoms with Gasteiger partial charge in [0.1, 0.15) is 5.82 Å². The standard InChI is InChI=1S/C28H28FIN4O5/c1-5-38-23-13-19(14-31-34-28(37)27(36)32-22-9-7-6-8-20(22)29)12-21(30)26(23)39-15-24(35)33-25-17(3)10-16(2)11-18(25)4/h6-14H,5,15H2,1-4H3,(H,32,36)(H,33,35)(H,34,37)/b31-14-. The van der Waals surface area contributed by atoms with Crippen LogP contribution in [-0.2, 0) is 14.4 Å². The van der Waals surface area contributed by atoms with Gasteiger partial charge in [0.15, 0.2) is 18.1 Å². The van der Waals surface area contributed by atoms with E-state index in [9.17, 15) is 18.8 Å². The van der Waals surface area contributed by atoms with Crippen LogP contribution in [0.25, 0.3) is 0 Å². The van der Waals surface area contributed by atoms with Crippen LogP contribution in [0.2, 0.25) is 0 Å². The molecular formula is C28H28FIN4O5. The van der Waals surface area contributed by atoms with E-state index >= 15 is 0 Å². The summed E-state index contributed by atoms with van der Waals surface area (Å²) in [5.41, 5.74) is 6.32. The zero-order chi connectivity index (χ0) is 28.5. The van der Waals surface area contributed by atoms with E-state index in [1.807, 2.05) is 62.4 Å². The average Bonchev–Trinajstić information content (AvgIpc) is 2.87. The van der Waals surface area contributed by atoms with E-state index in [0.717, 1.165) is 28.4 Å². The molecule has 0 heterocycles. The zero-order valence-electron chi connectivity index (χ0n) is 21.9. The van der Waals surface area contributed by atoms with Crippen molar-refractivity contribution in [3.05, 3.63) is 80.2 Å². The number of ether oxygens (including phenoxy) is 2. The second-order valence-electron chi connectivity index (χ2n) is 8.51. The fourth-order valence-corrected chi connectivity index (χ4v) is 4.49. The fourth-order valence-electron chi connectivity index (χ4n) is 3.71. The molecule has 204 valence electrons. The van der Waals surface area contributed by atoms with E-state index in [1.54, 1.807) is 12.1 Å². The number of hydrogen-bond donors (Lipinski definition) is 3. The lowest BCUT2D eigenvalue weighted by atomic mass is 10.1. The number of carbonyl (C=O) groups excluding carboxylic acids is 3. The normalized spacial score (nSPS) is 10.7. The lowest BCUT2D eigenvalue weighted by Crippen LogP contribution is -2.32. The molecule has 0 aliphatic heterocycles. The maximum atomic E-state index is 13.7. The fraction of sp³-hybridized carbons (Fsp3) is 0.214. The highest BCUT2D eigenvalue weighted by Gasteiger charge is 2.17. The minimum Gasteiger partial charge on any atom is -0.490 e. The van der Waals surface area contributed by atoms with Gasteiger partial charge in [-0.15, -0.1) is 0 Å². The van der Waals surface area contributed by atoms with Crippen molar-refractivity contribution in [2.45, 2.75) is 27.7 Å². The SMILES string of the molecule is CCOc1cc(/C=N\NC(=O)C(=O)Nc2ccccc2F)cc(I)c1OCC(=O)Nc1c(C)cc(C)cc1C. The molecule has 0 saturated carbocycles. The smallest absolute Gasteiger partial charge is 0.329 e. The van der Waals surface area contributed by atoms with Crippen LogP contribution in [0.15, 0.2) is 53.6 Å². The van der Waals surface area contributed by atoms with Gasteiger partial charge in [0, 0.05) is 5.69 Å². The third-order valence-electron chi connectivity index (χ3n) is 5.33. The molecule has 0 saturated heterocycles. The monoisotopic (exact) mass is 646 g/mol. The van der Waals surface area contributed by atoms with Crippen molar-refractivity contribution >= 4 is 57.9 Å². The Hall–Kier alpha value is -4.00. The molecule has 0 aliphatic rings. The van der Waals surface area contributed by atoms with Crippen LogP contribution in [0.5, 0.6) is 11.5 Å². The van der Waals surface area contributed by atoms with Gasteiger partial charge in [-0.2, -0.15) is 5.10 Å². The molecule has 0 radical (unpaired) electrons. The highest BCUT2D eigenvalue weighted by atomic mass is 127. The van der Waals surface area contributed by atoms with Crippen LogP contribution in [0.1, 0.15) is 29.2 Å². The summed E-state index contributed by atoms with van der Waals surface area (Å²) < 4.78 is 25.8. The zero-order valence-corrected chi connectivity index (χ0v) is 24.0. The van der Waals surface area contributed by atoms with Crippen LogP contribution in [0, 0.1) is 30.2 Å². The molecule has 3 rings (SSSR count). The minimum atomic E-state index is -1.07. The van der Waals surface area contributed by atoms with Crippen molar-refractivity contribution in [3.63, 3.8) is 0 Å². The molecule has 3 aromatic carbocycles. The number of anilines is 2. The first-order chi connectivity index (χ1) is 18.6. The lowest BCUT2D eigenvalue weighted by Gasteiger charge is -2.16. The first kappa shape index (κ1) is 29.6. The molecular weight excluding hydrogens is 618 g/mol. The molecule has 0 aromatic heterocycles. The van der Waals surface area contributed by atoms with Crippen molar-refractivity contribution < 1.29 is 28.2 Å². The number of hydrazone groups is 1. The number of para-hydroxylation sites is 1. The number of carbonyl (C=O) groups is 3. The van der Waals surface area contributed by atoms with Gasteiger partial charge < -0.3 is 20.1 Å². The van der Waals surface area contributed by atoms with Crippen LogP contribution >= 0.6 is 22.6 Å². The highest BCUT2D eigenvalue weighted by molar-refractivity contribution is 14.1. The van der Waals surface area contributed by atoms with Crippen LogP contribution in [0.3, 0.4) is 0 Å². The van der Waals surface area contributed by atoms with Crippen molar-refractivity contribution in [3.8, 4) is 11.5 Å². The predicted molar refractivity (Wildman–Crippen MR) is 156 cm³/mol. The summed E-state index contributed by atoms with van der Waals surface area (Å²) in [4.78, 5) is 36.7. The molecule has 0 bridgehead atoms. The maximum Gasteiger partial charge on any atom is 0.329 e. The summed E-state index contributed by atoms with van der Waals surface area (Å²) in [5.74, 6) is -2.36.